The molecule has 0 saturated carbocycles. The zero-order valence-electron chi connectivity index (χ0n) is 15.8. The van der Waals surface area contributed by atoms with E-state index < -0.39 is 18.6 Å². The van der Waals surface area contributed by atoms with Crippen LogP contribution in [0.25, 0.3) is 11.3 Å². The summed E-state index contributed by atoms with van der Waals surface area (Å²) < 4.78 is 5.90. The highest BCUT2D eigenvalue weighted by Crippen LogP contribution is 2.41. The van der Waals surface area contributed by atoms with Crippen LogP contribution in [0.1, 0.15) is 28.7 Å². The maximum absolute atomic E-state index is 12.5. The number of amides is 1. The minimum atomic E-state index is -1.06. The zero-order chi connectivity index (χ0) is 20.4. The van der Waals surface area contributed by atoms with E-state index in [2.05, 4.69) is 16.7 Å². The summed E-state index contributed by atoms with van der Waals surface area (Å²) in [5, 5.41) is 23.6. The van der Waals surface area contributed by atoms with Gasteiger partial charge in [-0.15, -0.1) is 0 Å². The number of para-hydroxylation sites is 1. The molecule has 150 valence electrons. The average Bonchev–Trinajstić information content (AvgIpc) is 3.26. The van der Waals surface area contributed by atoms with Crippen molar-refractivity contribution >= 4 is 28.9 Å². The van der Waals surface area contributed by atoms with Gasteiger partial charge in [0.05, 0.1) is 12.2 Å². The Morgan fingerprint density at radius 2 is 2.03 bits per heavy atom. The van der Waals surface area contributed by atoms with Gasteiger partial charge in [0.25, 0.3) is 5.91 Å². The summed E-state index contributed by atoms with van der Waals surface area (Å²) in [7, 11) is 0. The first kappa shape index (κ1) is 19.2. The number of aliphatic hydroxyl groups is 1. The van der Waals surface area contributed by atoms with Crippen LogP contribution in [0.2, 0.25) is 0 Å². The first-order valence-electron chi connectivity index (χ1n) is 9.55. The highest BCUT2D eigenvalue weighted by molar-refractivity contribution is 6.36. The average molecular weight is 394 g/mol. The second-order valence-corrected chi connectivity index (χ2v) is 7.12. The number of hydrogen-bond acceptors (Lipinski definition) is 5. The van der Waals surface area contributed by atoms with Crippen molar-refractivity contribution in [2.75, 3.05) is 18.5 Å². The molecule has 1 amide bonds. The SMILES string of the molecule is O=C1Nc2ccccc2/C1=C1\OCc2cc(CCCN[C@H](CO)C(=O)O)ccc21. The van der Waals surface area contributed by atoms with E-state index in [1.165, 1.54) is 0 Å². The van der Waals surface area contributed by atoms with Crippen LogP contribution < -0.4 is 10.6 Å². The lowest BCUT2D eigenvalue weighted by Gasteiger charge is -2.11. The van der Waals surface area contributed by atoms with Crippen molar-refractivity contribution in [3.05, 3.63) is 64.7 Å². The summed E-state index contributed by atoms with van der Waals surface area (Å²) in [6, 6.07) is 12.7. The zero-order valence-corrected chi connectivity index (χ0v) is 15.8. The molecule has 4 N–H and O–H groups in total. The normalized spacial score (nSPS) is 18.0. The highest BCUT2D eigenvalue weighted by Gasteiger charge is 2.32. The second-order valence-electron chi connectivity index (χ2n) is 7.12. The van der Waals surface area contributed by atoms with Gasteiger partial charge in [-0.3, -0.25) is 9.59 Å². The minimum Gasteiger partial charge on any atom is -0.487 e. The predicted octanol–water partition coefficient (Wildman–Crippen LogP) is 2.00. The number of nitrogens with one attached hydrogen (secondary N) is 2. The van der Waals surface area contributed by atoms with Gasteiger partial charge in [-0.2, -0.15) is 0 Å². The first-order valence-corrected chi connectivity index (χ1v) is 9.55. The summed E-state index contributed by atoms with van der Waals surface area (Å²) in [6.45, 7) is 0.484. The Morgan fingerprint density at radius 1 is 1.21 bits per heavy atom. The third kappa shape index (κ3) is 3.74. The molecule has 1 atom stereocenters. The van der Waals surface area contributed by atoms with Crippen molar-refractivity contribution in [1.82, 2.24) is 5.32 Å². The van der Waals surface area contributed by atoms with Crippen molar-refractivity contribution < 1.29 is 24.5 Å². The van der Waals surface area contributed by atoms with E-state index in [9.17, 15) is 9.59 Å². The molecule has 0 radical (unpaired) electrons. The topological polar surface area (TPSA) is 108 Å². The fourth-order valence-electron chi connectivity index (χ4n) is 3.72. The van der Waals surface area contributed by atoms with E-state index >= 15 is 0 Å². The lowest BCUT2D eigenvalue weighted by Crippen LogP contribution is -2.40. The maximum Gasteiger partial charge on any atom is 0.323 e. The molecule has 2 aliphatic rings. The lowest BCUT2D eigenvalue weighted by atomic mass is 9.98. The van der Waals surface area contributed by atoms with Gasteiger partial charge in [0.15, 0.2) is 0 Å². The number of carbonyl (C=O) groups excluding carboxylic acids is 1. The molecule has 2 aromatic rings. The molecule has 4 rings (SSSR count). The van der Waals surface area contributed by atoms with Crippen molar-refractivity contribution in [1.29, 1.82) is 0 Å². The Hall–Kier alpha value is -3.16. The van der Waals surface area contributed by atoms with Crippen LogP contribution in [0.15, 0.2) is 42.5 Å². The van der Waals surface area contributed by atoms with Crippen LogP contribution in [0.3, 0.4) is 0 Å². The van der Waals surface area contributed by atoms with Crippen LogP contribution in [-0.2, 0) is 27.4 Å². The van der Waals surface area contributed by atoms with Gasteiger partial charge in [-0.1, -0.05) is 36.4 Å². The summed E-state index contributed by atoms with van der Waals surface area (Å²) in [6.07, 6.45) is 1.51. The first-order chi connectivity index (χ1) is 14.1. The molecule has 2 aromatic carbocycles. The van der Waals surface area contributed by atoms with E-state index in [-0.39, 0.29) is 5.91 Å². The number of aryl methyl sites for hydroxylation is 1. The van der Waals surface area contributed by atoms with Crippen molar-refractivity contribution in [3.63, 3.8) is 0 Å². The van der Waals surface area contributed by atoms with Crippen LogP contribution in [0, 0.1) is 0 Å². The van der Waals surface area contributed by atoms with E-state index in [1.54, 1.807) is 0 Å². The van der Waals surface area contributed by atoms with Crippen molar-refractivity contribution in [2.24, 2.45) is 0 Å². The highest BCUT2D eigenvalue weighted by atomic mass is 16.5. The Bertz CT molecular complexity index is 998. The molecule has 0 spiro atoms. The van der Waals surface area contributed by atoms with E-state index in [4.69, 9.17) is 14.9 Å². The monoisotopic (exact) mass is 394 g/mol. The molecule has 2 aliphatic heterocycles. The largest absolute Gasteiger partial charge is 0.487 e. The molecule has 7 nitrogen and oxygen atoms in total. The molecule has 0 unspecified atom stereocenters. The molecular weight excluding hydrogens is 372 g/mol. The van der Waals surface area contributed by atoms with Gasteiger partial charge in [0, 0.05) is 22.4 Å². The fourth-order valence-corrected chi connectivity index (χ4v) is 3.72. The number of carboxylic acids is 1. The lowest BCUT2D eigenvalue weighted by molar-refractivity contribution is -0.140. The molecule has 0 saturated heterocycles. The van der Waals surface area contributed by atoms with Gasteiger partial charge in [-0.25, -0.2) is 0 Å². The molecule has 7 heteroatoms. The van der Waals surface area contributed by atoms with Crippen LogP contribution in [0.5, 0.6) is 0 Å². The Balaban J connectivity index is 1.48. The Labute approximate surface area is 168 Å². The molecule has 0 aliphatic carbocycles. The molecule has 0 bridgehead atoms. The Kier molecular flexibility index (Phi) is 5.33. The number of carboxylic acid groups (broad SMARTS) is 1. The number of benzene rings is 2. The molecular formula is C22H22N2O5. The second kappa shape index (κ2) is 8.06. The van der Waals surface area contributed by atoms with Crippen molar-refractivity contribution in [3.8, 4) is 0 Å². The van der Waals surface area contributed by atoms with E-state index in [1.807, 2.05) is 36.4 Å². The number of anilines is 1. The van der Waals surface area contributed by atoms with Crippen molar-refractivity contribution in [2.45, 2.75) is 25.5 Å². The van der Waals surface area contributed by atoms with Gasteiger partial charge in [0.2, 0.25) is 0 Å². The summed E-state index contributed by atoms with van der Waals surface area (Å²) in [5.41, 5.74) is 5.30. The smallest absolute Gasteiger partial charge is 0.323 e. The molecule has 0 aromatic heterocycles. The maximum atomic E-state index is 12.5. The fraction of sp³-hybridized carbons (Fsp3) is 0.273. The molecule has 0 fully saturated rings. The summed E-state index contributed by atoms with van der Waals surface area (Å²) in [5.74, 6) is -0.593. The van der Waals surface area contributed by atoms with E-state index in [0.717, 1.165) is 40.8 Å². The minimum absolute atomic E-state index is 0.152. The predicted molar refractivity (Wildman–Crippen MR) is 108 cm³/mol. The number of aliphatic hydroxyl groups excluding tert-OH is 1. The quantitative estimate of drug-likeness (QED) is 0.423. The number of hydrogen-bond donors (Lipinski definition) is 4. The van der Waals surface area contributed by atoms with Gasteiger partial charge >= 0.3 is 5.97 Å². The third-order valence-electron chi connectivity index (χ3n) is 5.20. The summed E-state index contributed by atoms with van der Waals surface area (Å²) in [4.78, 5) is 23.4. The summed E-state index contributed by atoms with van der Waals surface area (Å²) >= 11 is 0. The number of aliphatic carboxylic acids is 1. The number of rotatable bonds is 7. The van der Waals surface area contributed by atoms with Gasteiger partial charge in [0.1, 0.15) is 18.4 Å². The van der Waals surface area contributed by atoms with Crippen LogP contribution >= 0.6 is 0 Å². The molecule has 2 heterocycles. The number of carbonyl (C=O) groups is 2. The molecule has 29 heavy (non-hydrogen) atoms. The van der Waals surface area contributed by atoms with Gasteiger partial charge < -0.3 is 25.6 Å². The standard InChI is InChI=1S/C22H22N2O5/c25-11-18(22(27)28)23-9-3-4-13-7-8-15-14(10-13)12-29-20(15)19-16-5-1-2-6-17(16)24-21(19)26/h1-2,5-8,10,18,23,25H,3-4,9,11-12H2,(H,24,26)(H,27,28)/b20-19+/t18-/m1/s1. The third-order valence-corrected chi connectivity index (χ3v) is 5.20. The van der Waals surface area contributed by atoms with Crippen LogP contribution in [0.4, 0.5) is 5.69 Å². The van der Waals surface area contributed by atoms with Crippen LogP contribution in [-0.4, -0.2) is 41.3 Å². The van der Waals surface area contributed by atoms with Gasteiger partial charge in [-0.05, 0) is 31.0 Å². The Morgan fingerprint density at radius 3 is 2.83 bits per heavy atom. The number of fused-ring (bicyclic) bond motifs is 2. The van der Waals surface area contributed by atoms with E-state index in [0.29, 0.717) is 24.5 Å². The number of ether oxygens (including phenoxy) is 1.